The molecule has 1 aliphatic rings. The van der Waals surface area contributed by atoms with E-state index in [0.717, 1.165) is 0 Å². The van der Waals surface area contributed by atoms with Gasteiger partial charge in [-0.25, -0.2) is 0 Å². The topological polar surface area (TPSA) is 9.23 Å². The van der Waals surface area contributed by atoms with Gasteiger partial charge >= 0.3 is 0 Å². The molecule has 1 saturated carbocycles. The maximum absolute atomic E-state index is 5.96. The lowest BCUT2D eigenvalue weighted by Crippen LogP contribution is -2.17. The monoisotopic (exact) mass is 212 g/mol. The van der Waals surface area contributed by atoms with Crippen molar-refractivity contribution in [3.63, 3.8) is 0 Å². The molecule has 1 nitrogen and oxygen atoms in total. The molecule has 1 fully saturated rings. The van der Waals surface area contributed by atoms with E-state index in [1.54, 1.807) is 0 Å². The summed E-state index contributed by atoms with van der Waals surface area (Å²) in [7, 11) is 0. The van der Waals surface area contributed by atoms with Crippen LogP contribution in [0.15, 0.2) is 0 Å². The second-order valence-corrected chi connectivity index (χ2v) is 5.21. The van der Waals surface area contributed by atoms with Crippen LogP contribution in [0.2, 0.25) is 0 Å². The predicted octanol–water partition coefficient (Wildman–Crippen LogP) is 4.69. The zero-order valence-corrected chi connectivity index (χ0v) is 10.6. The van der Waals surface area contributed by atoms with Crippen LogP contribution < -0.4 is 0 Å². The average molecular weight is 212 g/mol. The fourth-order valence-electron chi connectivity index (χ4n) is 2.47. The van der Waals surface area contributed by atoms with Gasteiger partial charge in [0, 0.05) is 0 Å². The Morgan fingerprint density at radius 1 is 0.733 bits per heavy atom. The Kier molecular flexibility index (Phi) is 7.08. The molecule has 0 aromatic carbocycles. The highest BCUT2D eigenvalue weighted by Gasteiger charge is 2.11. The van der Waals surface area contributed by atoms with Crippen molar-refractivity contribution in [3.05, 3.63) is 0 Å². The lowest BCUT2D eigenvalue weighted by molar-refractivity contribution is -0.00374. The SMILES string of the molecule is CC(C)OC1CCCCCCCCCC1. The van der Waals surface area contributed by atoms with E-state index in [0.29, 0.717) is 12.2 Å². The second kappa shape index (κ2) is 8.15. The summed E-state index contributed by atoms with van der Waals surface area (Å²) in [6, 6.07) is 0. The van der Waals surface area contributed by atoms with Crippen molar-refractivity contribution in [3.8, 4) is 0 Å². The minimum atomic E-state index is 0.403. The van der Waals surface area contributed by atoms with Gasteiger partial charge < -0.3 is 4.74 Å². The highest BCUT2D eigenvalue weighted by atomic mass is 16.5. The van der Waals surface area contributed by atoms with Crippen LogP contribution in [-0.4, -0.2) is 12.2 Å². The Labute approximate surface area is 95.6 Å². The molecule has 90 valence electrons. The van der Waals surface area contributed by atoms with E-state index >= 15 is 0 Å². The minimum Gasteiger partial charge on any atom is -0.376 e. The third-order valence-corrected chi connectivity index (χ3v) is 3.27. The standard InChI is InChI=1S/C14H28O/c1-13(2)15-14-11-9-7-5-3-4-6-8-10-12-14/h13-14H,3-12H2,1-2H3. The van der Waals surface area contributed by atoms with Gasteiger partial charge in [-0.2, -0.15) is 0 Å². The summed E-state index contributed by atoms with van der Waals surface area (Å²) < 4.78 is 5.96. The Hall–Kier alpha value is -0.0400. The highest BCUT2D eigenvalue weighted by Crippen LogP contribution is 2.19. The van der Waals surface area contributed by atoms with E-state index in [2.05, 4.69) is 13.8 Å². The molecule has 0 spiro atoms. The second-order valence-electron chi connectivity index (χ2n) is 5.21. The Morgan fingerprint density at radius 2 is 1.13 bits per heavy atom. The summed E-state index contributed by atoms with van der Waals surface area (Å²) in [4.78, 5) is 0. The predicted molar refractivity (Wildman–Crippen MR) is 66.2 cm³/mol. The minimum absolute atomic E-state index is 0.403. The first-order valence-electron chi connectivity index (χ1n) is 6.94. The van der Waals surface area contributed by atoms with E-state index in [4.69, 9.17) is 4.74 Å². The van der Waals surface area contributed by atoms with Crippen LogP contribution in [0.5, 0.6) is 0 Å². The normalized spacial score (nSPS) is 22.6. The van der Waals surface area contributed by atoms with Crippen LogP contribution in [0.3, 0.4) is 0 Å². The average Bonchev–Trinajstić information content (AvgIpc) is 2.23. The number of ether oxygens (including phenoxy) is 1. The van der Waals surface area contributed by atoms with Gasteiger partial charge in [0.15, 0.2) is 0 Å². The molecule has 0 amide bonds. The molecule has 0 N–H and O–H groups in total. The Bertz CT molecular complexity index is 130. The molecule has 1 aliphatic carbocycles. The lowest BCUT2D eigenvalue weighted by Gasteiger charge is -2.20. The fraction of sp³-hybridized carbons (Fsp3) is 1.00. The lowest BCUT2D eigenvalue weighted by atomic mass is 10.1. The fourth-order valence-corrected chi connectivity index (χ4v) is 2.47. The van der Waals surface area contributed by atoms with Crippen molar-refractivity contribution in [1.82, 2.24) is 0 Å². The first-order chi connectivity index (χ1) is 7.29. The van der Waals surface area contributed by atoms with Gasteiger partial charge in [-0.3, -0.25) is 0 Å². The summed E-state index contributed by atoms with van der Waals surface area (Å²) >= 11 is 0. The van der Waals surface area contributed by atoms with Gasteiger partial charge in [-0.1, -0.05) is 51.4 Å². The maximum Gasteiger partial charge on any atom is 0.0578 e. The number of hydrogen-bond donors (Lipinski definition) is 0. The quantitative estimate of drug-likeness (QED) is 0.645. The molecule has 15 heavy (non-hydrogen) atoms. The van der Waals surface area contributed by atoms with Crippen molar-refractivity contribution in [2.24, 2.45) is 0 Å². The summed E-state index contributed by atoms with van der Waals surface area (Å²) in [5.41, 5.74) is 0. The van der Waals surface area contributed by atoms with Crippen LogP contribution >= 0.6 is 0 Å². The van der Waals surface area contributed by atoms with Crippen LogP contribution in [0.4, 0.5) is 0 Å². The van der Waals surface area contributed by atoms with Crippen LogP contribution in [0, 0.1) is 0 Å². The molecule has 1 rings (SSSR count). The molecule has 1 heteroatoms. The Morgan fingerprint density at radius 3 is 1.53 bits per heavy atom. The molecule has 0 saturated heterocycles. The van der Waals surface area contributed by atoms with Gasteiger partial charge in [0.2, 0.25) is 0 Å². The van der Waals surface area contributed by atoms with E-state index in [9.17, 15) is 0 Å². The van der Waals surface area contributed by atoms with Gasteiger partial charge in [0.1, 0.15) is 0 Å². The third kappa shape index (κ3) is 6.94. The third-order valence-electron chi connectivity index (χ3n) is 3.27. The zero-order chi connectivity index (χ0) is 10.9. The molecule has 0 unspecified atom stereocenters. The van der Waals surface area contributed by atoms with Crippen LogP contribution in [0.25, 0.3) is 0 Å². The van der Waals surface area contributed by atoms with Crippen molar-refractivity contribution < 1.29 is 4.74 Å². The first kappa shape index (κ1) is 13.0. The van der Waals surface area contributed by atoms with Gasteiger partial charge in [-0.15, -0.1) is 0 Å². The van der Waals surface area contributed by atoms with E-state index in [1.807, 2.05) is 0 Å². The summed E-state index contributed by atoms with van der Waals surface area (Å²) in [5.74, 6) is 0. The van der Waals surface area contributed by atoms with Crippen molar-refractivity contribution in [2.75, 3.05) is 0 Å². The molecular weight excluding hydrogens is 184 g/mol. The van der Waals surface area contributed by atoms with Crippen molar-refractivity contribution >= 4 is 0 Å². The molecule has 0 bridgehead atoms. The van der Waals surface area contributed by atoms with Gasteiger partial charge in [-0.05, 0) is 26.7 Å². The van der Waals surface area contributed by atoms with Crippen molar-refractivity contribution in [2.45, 2.75) is 90.3 Å². The van der Waals surface area contributed by atoms with E-state index in [1.165, 1.54) is 64.2 Å². The van der Waals surface area contributed by atoms with Gasteiger partial charge in [0.25, 0.3) is 0 Å². The first-order valence-corrected chi connectivity index (χ1v) is 6.94. The highest BCUT2D eigenvalue weighted by molar-refractivity contribution is 4.62. The largest absolute Gasteiger partial charge is 0.376 e. The smallest absolute Gasteiger partial charge is 0.0578 e. The van der Waals surface area contributed by atoms with E-state index in [-0.39, 0.29) is 0 Å². The molecule has 0 atom stereocenters. The maximum atomic E-state index is 5.96. The van der Waals surface area contributed by atoms with Crippen LogP contribution in [0.1, 0.15) is 78.1 Å². The molecule has 0 aromatic rings. The molecule has 0 heterocycles. The summed E-state index contributed by atoms with van der Waals surface area (Å²) in [5, 5.41) is 0. The van der Waals surface area contributed by atoms with Crippen LogP contribution in [-0.2, 0) is 4.74 Å². The summed E-state index contributed by atoms with van der Waals surface area (Å²) in [6.07, 6.45) is 14.9. The number of rotatable bonds is 2. The van der Waals surface area contributed by atoms with Gasteiger partial charge in [0.05, 0.1) is 12.2 Å². The molecule has 0 radical (unpaired) electrons. The zero-order valence-electron chi connectivity index (χ0n) is 10.6. The molecule has 0 aromatic heterocycles. The summed E-state index contributed by atoms with van der Waals surface area (Å²) in [6.45, 7) is 4.32. The number of hydrogen-bond acceptors (Lipinski definition) is 1. The Balaban J connectivity index is 2.25. The molecule has 0 aliphatic heterocycles. The molecular formula is C14H28O. The van der Waals surface area contributed by atoms with Crippen molar-refractivity contribution in [1.29, 1.82) is 0 Å². The van der Waals surface area contributed by atoms with E-state index < -0.39 is 0 Å².